The fourth-order valence-corrected chi connectivity index (χ4v) is 3.38. The lowest BCUT2D eigenvalue weighted by atomic mass is 9.68. The van der Waals surface area contributed by atoms with Crippen LogP contribution in [0.3, 0.4) is 0 Å². The number of hydrogen-bond acceptors (Lipinski definition) is 5. The number of quaternary nitrogens is 1. The Morgan fingerprint density at radius 3 is 2.58 bits per heavy atom. The Morgan fingerprint density at radius 1 is 1.37 bits per heavy atom. The molecule has 1 heterocycles. The van der Waals surface area contributed by atoms with Crippen LogP contribution in [0.4, 0.5) is 0 Å². The smallest absolute Gasteiger partial charge is 0.297 e. The predicted octanol–water partition coefficient (Wildman–Crippen LogP) is -1.35. The molecule has 0 aromatic rings. The topological polar surface area (TPSA) is 111 Å². The van der Waals surface area contributed by atoms with Crippen molar-refractivity contribution in [3.05, 3.63) is 31.9 Å². The van der Waals surface area contributed by atoms with Crippen LogP contribution in [0.2, 0.25) is 0 Å². The summed E-state index contributed by atoms with van der Waals surface area (Å²) in [5.41, 5.74) is -2.02. The third-order valence-corrected chi connectivity index (χ3v) is 4.47. The van der Waals surface area contributed by atoms with Gasteiger partial charge in [0.2, 0.25) is 0 Å². The molecular weight excluding hydrogens is 254 g/mol. The molecule has 0 saturated carbocycles. The predicted molar refractivity (Wildman–Crippen MR) is 65.1 cm³/mol. The summed E-state index contributed by atoms with van der Waals surface area (Å²) >= 11 is 0. The molecule has 3 atom stereocenters. The summed E-state index contributed by atoms with van der Waals surface area (Å²) in [6.07, 6.45) is 1.83. The van der Waals surface area contributed by atoms with E-state index in [4.69, 9.17) is 5.11 Å². The summed E-state index contributed by atoms with van der Waals surface area (Å²) in [4.78, 5) is 22.8. The number of nitrogens with zero attached hydrogens (tertiary/aromatic N) is 2. The monoisotopic (exact) mass is 272 g/mol. The van der Waals surface area contributed by atoms with E-state index < -0.39 is 11.1 Å². The normalized spacial score (nSPS) is 37.6. The number of nitro groups is 2. The highest BCUT2D eigenvalue weighted by molar-refractivity contribution is 5.23. The first-order chi connectivity index (χ1) is 8.86. The highest BCUT2D eigenvalue weighted by atomic mass is 16.6. The zero-order valence-electron chi connectivity index (χ0n) is 10.8. The van der Waals surface area contributed by atoms with Gasteiger partial charge >= 0.3 is 0 Å². The maximum atomic E-state index is 11.5. The van der Waals surface area contributed by atoms with Crippen molar-refractivity contribution in [1.29, 1.82) is 0 Å². The van der Waals surface area contributed by atoms with E-state index in [9.17, 15) is 20.2 Å². The Hall–Kier alpha value is -1.54. The lowest BCUT2D eigenvalue weighted by Crippen LogP contribution is -3.18. The lowest BCUT2D eigenvalue weighted by Gasteiger charge is -2.43. The largest absolute Gasteiger partial charge is 0.391 e. The van der Waals surface area contributed by atoms with E-state index >= 15 is 0 Å². The Balaban J connectivity index is 2.46. The van der Waals surface area contributed by atoms with Gasteiger partial charge in [0.25, 0.3) is 11.1 Å². The maximum Gasteiger partial charge on any atom is 0.297 e. The van der Waals surface area contributed by atoms with Crippen LogP contribution in [0.1, 0.15) is 19.8 Å². The van der Waals surface area contributed by atoms with Crippen molar-refractivity contribution in [3.63, 3.8) is 0 Å². The molecule has 0 aromatic carbocycles. The van der Waals surface area contributed by atoms with E-state index in [1.165, 1.54) is 0 Å². The van der Waals surface area contributed by atoms with Crippen molar-refractivity contribution < 1.29 is 19.9 Å². The van der Waals surface area contributed by atoms with E-state index in [0.29, 0.717) is 12.1 Å². The summed E-state index contributed by atoms with van der Waals surface area (Å²) < 4.78 is 0. The zero-order chi connectivity index (χ0) is 14.3. The molecule has 2 rings (SSSR count). The van der Waals surface area contributed by atoms with Crippen LogP contribution in [-0.4, -0.2) is 52.3 Å². The van der Waals surface area contributed by atoms with Gasteiger partial charge in [0.05, 0.1) is 6.61 Å². The van der Waals surface area contributed by atoms with E-state index in [2.05, 4.69) is 0 Å². The molecule has 0 radical (unpaired) electrons. The molecule has 1 aliphatic heterocycles. The summed E-state index contributed by atoms with van der Waals surface area (Å²) in [7, 11) is 0. The Kier molecular flexibility index (Phi) is 3.31. The summed E-state index contributed by atoms with van der Waals surface area (Å²) in [5, 5.41) is 31.9. The standard InChI is InChI=1S/C11H17N3O5/c1-9-2-3-10(13(16)17)6-11(9,14(18)19)8-12(7-10)4-5-15/h2,15H,3-8H2,1H3/p+1. The minimum atomic E-state index is -1.35. The highest BCUT2D eigenvalue weighted by Gasteiger charge is 2.67. The van der Waals surface area contributed by atoms with Gasteiger partial charge in [-0.15, -0.1) is 0 Å². The van der Waals surface area contributed by atoms with Gasteiger partial charge in [-0.05, 0) is 6.92 Å². The summed E-state index contributed by atoms with van der Waals surface area (Å²) in [5.74, 6) is 0. The number of aliphatic hydroxyl groups excluding tert-OH is 1. The number of nitrogens with one attached hydrogen (secondary N) is 1. The minimum Gasteiger partial charge on any atom is -0.391 e. The van der Waals surface area contributed by atoms with Crippen LogP contribution in [-0.2, 0) is 0 Å². The second-order valence-electron chi connectivity index (χ2n) is 5.62. The van der Waals surface area contributed by atoms with Gasteiger partial charge in [-0.25, -0.2) is 0 Å². The molecular formula is C11H18N3O5+. The number of likely N-dealkylation sites (tertiary alicyclic amines) is 1. The van der Waals surface area contributed by atoms with Gasteiger partial charge in [-0.1, -0.05) is 6.08 Å². The number of aliphatic hydroxyl groups is 1. The van der Waals surface area contributed by atoms with Gasteiger partial charge in [-0.3, -0.25) is 20.2 Å². The van der Waals surface area contributed by atoms with E-state index in [0.717, 1.165) is 4.90 Å². The fourth-order valence-electron chi connectivity index (χ4n) is 3.38. The van der Waals surface area contributed by atoms with Crippen molar-refractivity contribution in [2.45, 2.75) is 30.8 Å². The highest BCUT2D eigenvalue weighted by Crippen LogP contribution is 2.40. The molecule has 2 N–H and O–H groups in total. The summed E-state index contributed by atoms with van der Waals surface area (Å²) in [6, 6.07) is 0. The Morgan fingerprint density at radius 2 is 2.05 bits per heavy atom. The number of fused-ring (bicyclic) bond motifs is 2. The van der Waals surface area contributed by atoms with Gasteiger partial charge in [0.15, 0.2) is 6.54 Å². The molecule has 106 valence electrons. The minimum absolute atomic E-state index is 0.0444. The average Bonchev–Trinajstić information content (AvgIpc) is 2.34. The van der Waals surface area contributed by atoms with Crippen molar-refractivity contribution in [1.82, 2.24) is 0 Å². The molecule has 2 bridgehead atoms. The first kappa shape index (κ1) is 13.9. The van der Waals surface area contributed by atoms with Crippen LogP contribution in [0.15, 0.2) is 11.6 Å². The van der Waals surface area contributed by atoms with Crippen LogP contribution < -0.4 is 4.90 Å². The second kappa shape index (κ2) is 4.53. The van der Waals surface area contributed by atoms with E-state index in [1.807, 2.05) is 0 Å². The Labute approximate surface area is 110 Å². The van der Waals surface area contributed by atoms with Gasteiger partial charge in [0.1, 0.15) is 19.5 Å². The molecule has 8 nitrogen and oxygen atoms in total. The SMILES string of the molecule is CC1=CCC2([N+](=O)[O-])C[NH+](CCO)CC1([N+](=O)[O-])C2. The van der Waals surface area contributed by atoms with E-state index in [1.54, 1.807) is 13.0 Å². The first-order valence-electron chi connectivity index (χ1n) is 6.27. The third-order valence-electron chi connectivity index (χ3n) is 4.47. The zero-order valence-corrected chi connectivity index (χ0v) is 10.8. The second-order valence-corrected chi connectivity index (χ2v) is 5.62. The fraction of sp³-hybridized carbons (Fsp3) is 0.818. The molecule has 1 aliphatic carbocycles. The number of piperidine rings is 1. The Bertz CT molecular complexity index is 452. The first-order valence-corrected chi connectivity index (χ1v) is 6.27. The molecule has 8 heteroatoms. The molecule has 1 saturated heterocycles. The molecule has 2 aliphatic rings. The van der Waals surface area contributed by atoms with Crippen LogP contribution in [0.25, 0.3) is 0 Å². The molecule has 0 amide bonds. The van der Waals surface area contributed by atoms with Gasteiger partial charge < -0.3 is 10.0 Å². The third kappa shape index (κ3) is 2.00. The van der Waals surface area contributed by atoms with Crippen molar-refractivity contribution in [2.75, 3.05) is 26.2 Å². The molecule has 19 heavy (non-hydrogen) atoms. The quantitative estimate of drug-likeness (QED) is 0.373. The van der Waals surface area contributed by atoms with Crippen molar-refractivity contribution >= 4 is 0 Å². The molecule has 1 fully saturated rings. The van der Waals surface area contributed by atoms with Crippen LogP contribution in [0, 0.1) is 20.2 Å². The molecule has 0 aromatic heterocycles. The maximum absolute atomic E-state index is 11.5. The lowest BCUT2D eigenvalue weighted by molar-refractivity contribution is -0.943. The van der Waals surface area contributed by atoms with Crippen molar-refractivity contribution in [3.8, 4) is 0 Å². The van der Waals surface area contributed by atoms with E-state index in [-0.39, 0.29) is 42.4 Å². The van der Waals surface area contributed by atoms with Gasteiger partial charge in [-0.2, -0.15) is 0 Å². The van der Waals surface area contributed by atoms with Crippen LogP contribution in [0.5, 0.6) is 0 Å². The number of hydrogen-bond donors (Lipinski definition) is 2. The van der Waals surface area contributed by atoms with Gasteiger partial charge in [0, 0.05) is 21.8 Å². The number of rotatable bonds is 4. The average molecular weight is 272 g/mol. The molecule has 0 spiro atoms. The molecule has 3 unspecified atom stereocenters. The summed E-state index contributed by atoms with van der Waals surface area (Å²) in [6.45, 7) is 2.30. The van der Waals surface area contributed by atoms with Crippen LogP contribution >= 0.6 is 0 Å². The van der Waals surface area contributed by atoms with Crippen molar-refractivity contribution in [2.24, 2.45) is 0 Å².